The molecule has 1 amide bonds. The normalized spacial score (nSPS) is 19.2. The number of nitrogens with one attached hydrogen (secondary N) is 1. The van der Waals surface area contributed by atoms with Crippen LogP contribution in [0.1, 0.15) is 47.1 Å². The lowest BCUT2D eigenvalue weighted by Crippen LogP contribution is -2.63. The molecule has 0 fully saturated rings. The molecule has 1 aliphatic heterocycles. The Morgan fingerprint density at radius 3 is 2.11 bits per heavy atom. The van der Waals surface area contributed by atoms with E-state index in [2.05, 4.69) is 79.5 Å². The molecule has 0 aliphatic carbocycles. The number of carbonyl (C=O) groups excluding carboxylic acids is 2. The second-order valence-electron chi connectivity index (χ2n) is 9.15. The van der Waals surface area contributed by atoms with Crippen LogP contribution in [0.5, 0.6) is 0 Å². The highest BCUT2D eigenvalue weighted by Crippen LogP contribution is 2.50. The first kappa shape index (κ1) is 30.8. The van der Waals surface area contributed by atoms with Gasteiger partial charge in [-0.3, -0.25) is 9.59 Å². The van der Waals surface area contributed by atoms with Crippen molar-refractivity contribution >= 4 is 56.8 Å². The first-order valence-corrected chi connectivity index (χ1v) is 18.9. The van der Waals surface area contributed by atoms with Crippen molar-refractivity contribution in [1.29, 1.82) is 0 Å². The zero-order valence-corrected chi connectivity index (χ0v) is 26.5. The number of para-hydroxylation sites is 1. The monoisotopic (exact) mass is 646 g/mol. The number of hydrogen-bond acceptors (Lipinski definition) is 6. The Kier molecular flexibility index (Phi) is 11.0. The number of azide groups is 1. The molecular formula is C24H39IN4O5Si2. The zero-order chi connectivity index (χ0) is 27.1. The molecule has 0 saturated heterocycles. The maximum Gasteiger partial charge on any atom is 0.317 e. The lowest BCUT2D eigenvalue weighted by Gasteiger charge is -2.47. The van der Waals surface area contributed by atoms with Crippen LogP contribution in [0, 0.1) is 3.57 Å². The highest BCUT2D eigenvalue weighted by atomic mass is 127. The van der Waals surface area contributed by atoms with Crippen molar-refractivity contribution in [3.05, 3.63) is 37.8 Å². The summed E-state index contributed by atoms with van der Waals surface area (Å²) in [5.74, 6) is -1.15. The van der Waals surface area contributed by atoms with Crippen LogP contribution in [0.3, 0.4) is 0 Å². The number of fused-ring (bicyclic) bond motifs is 1. The van der Waals surface area contributed by atoms with Crippen molar-refractivity contribution < 1.29 is 23.2 Å². The van der Waals surface area contributed by atoms with Gasteiger partial charge in [0.25, 0.3) is 5.91 Å². The predicted molar refractivity (Wildman–Crippen MR) is 155 cm³/mol. The minimum atomic E-state index is -2.48. The summed E-state index contributed by atoms with van der Waals surface area (Å²) in [6.07, 6.45) is -1.18. The summed E-state index contributed by atoms with van der Waals surface area (Å²) in [5.41, 5.74) is 9.08. The molecule has 12 heteroatoms. The minimum Gasteiger partial charge on any atom is -0.469 e. The van der Waals surface area contributed by atoms with E-state index >= 15 is 0 Å². The fourth-order valence-electron chi connectivity index (χ4n) is 5.09. The number of amides is 1. The standard InChI is InChI=1S/C24H39IN4O5Si2/c1-8-35(9-2,10-3)33-21(20(28-29-26)22(30)32-7)24(34-36(11-4,12-5)13-6)17-15-14-16-18(25)19(17)27-23(24)31/h14-16,20-21H,8-13H2,1-7H3,(H,27,31)/t20-,21+,24?/m0/s1. The van der Waals surface area contributed by atoms with Gasteiger partial charge in [0, 0.05) is 14.0 Å². The summed E-state index contributed by atoms with van der Waals surface area (Å²) < 4.78 is 20.0. The number of benzene rings is 1. The van der Waals surface area contributed by atoms with E-state index in [9.17, 15) is 15.1 Å². The van der Waals surface area contributed by atoms with Gasteiger partial charge in [-0.2, -0.15) is 0 Å². The van der Waals surface area contributed by atoms with Gasteiger partial charge in [-0.25, -0.2) is 0 Å². The fraction of sp³-hybridized carbons (Fsp3) is 0.667. The predicted octanol–water partition coefficient (Wildman–Crippen LogP) is 6.70. The van der Waals surface area contributed by atoms with Crippen LogP contribution in [0.25, 0.3) is 10.4 Å². The van der Waals surface area contributed by atoms with Crippen LogP contribution >= 0.6 is 22.6 Å². The summed E-state index contributed by atoms with van der Waals surface area (Å²) >= 11 is 2.18. The molecule has 200 valence electrons. The van der Waals surface area contributed by atoms with Gasteiger partial charge >= 0.3 is 5.97 Å². The number of hydrogen-bond donors (Lipinski definition) is 1. The number of esters is 1. The van der Waals surface area contributed by atoms with Gasteiger partial charge in [0.1, 0.15) is 6.10 Å². The highest BCUT2D eigenvalue weighted by Gasteiger charge is 2.62. The van der Waals surface area contributed by atoms with E-state index in [0.29, 0.717) is 11.3 Å². The largest absolute Gasteiger partial charge is 0.469 e. The number of ether oxygens (including phenoxy) is 1. The van der Waals surface area contributed by atoms with E-state index in [1.807, 2.05) is 18.2 Å². The van der Waals surface area contributed by atoms with Crippen LogP contribution in [-0.4, -0.2) is 47.8 Å². The minimum absolute atomic E-state index is 0.396. The van der Waals surface area contributed by atoms with Crippen LogP contribution < -0.4 is 5.32 Å². The summed E-state index contributed by atoms with van der Waals surface area (Å²) in [5, 5.41) is 6.89. The van der Waals surface area contributed by atoms with Gasteiger partial charge < -0.3 is 18.9 Å². The SMILES string of the molecule is CC[Si](CC)(CC)O[C@H]([C@H](N=[N+]=[N-])C(=O)OC)C1(O[Si](CC)(CC)CC)C(=O)Nc2c(I)cccc21. The number of anilines is 1. The molecule has 2 rings (SSSR count). The lowest BCUT2D eigenvalue weighted by molar-refractivity contribution is -0.156. The first-order valence-electron chi connectivity index (χ1n) is 12.7. The van der Waals surface area contributed by atoms with Gasteiger partial charge in [0.05, 0.1) is 12.8 Å². The van der Waals surface area contributed by atoms with E-state index in [0.717, 1.165) is 39.8 Å². The summed E-state index contributed by atoms with van der Waals surface area (Å²) in [6.45, 7) is 12.5. The summed E-state index contributed by atoms with van der Waals surface area (Å²) in [6, 6.07) is 8.89. The third-order valence-electron chi connectivity index (χ3n) is 7.92. The first-order chi connectivity index (χ1) is 17.1. The van der Waals surface area contributed by atoms with E-state index in [-0.39, 0.29) is 0 Å². The van der Waals surface area contributed by atoms with Gasteiger partial charge in [-0.15, -0.1) is 0 Å². The molecule has 0 bridgehead atoms. The molecular weight excluding hydrogens is 607 g/mol. The molecule has 0 radical (unpaired) electrons. The molecule has 1 N–H and O–H groups in total. The van der Waals surface area contributed by atoms with E-state index in [1.165, 1.54) is 7.11 Å². The molecule has 9 nitrogen and oxygen atoms in total. The van der Waals surface area contributed by atoms with Gasteiger partial charge in [0.2, 0.25) is 0 Å². The molecule has 36 heavy (non-hydrogen) atoms. The van der Waals surface area contributed by atoms with Crippen molar-refractivity contribution in [3.63, 3.8) is 0 Å². The molecule has 0 spiro atoms. The average Bonchev–Trinajstić information content (AvgIpc) is 3.19. The number of methoxy groups -OCH3 is 1. The Hall–Kier alpha value is -1.45. The maximum absolute atomic E-state index is 14.2. The zero-order valence-electron chi connectivity index (χ0n) is 22.4. The Morgan fingerprint density at radius 2 is 1.64 bits per heavy atom. The van der Waals surface area contributed by atoms with Crippen molar-refractivity contribution in [1.82, 2.24) is 0 Å². The summed E-state index contributed by atoms with van der Waals surface area (Å²) in [4.78, 5) is 30.3. The highest BCUT2D eigenvalue weighted by molar-refractivity contribution is 14.1. The molecule has 1 heterocycles. The van der Waals surface area contributed by atoms with Crippen LogP contribution in [0.2, 0.25) is 36.3 Å². The van der Waals surface area contributed by atoms with Crippen LogP contribution in [0.4, 0.5) is 5.69 Å². The number of carbonyl (C=O) groups is 2. The quantitative estimate of drug-likeness (QED) is 0.0602. The van der Waals surface area contributed by atoms with Crippen LogP contribution in [0.15, 0.2) is 23.3 Å². The van der Waals surface area contributed by atoms with Crippen molar-refractivity contribution in [2.24, 2.45) is 5.11 Å². The molecule has 0 saturated carbocycles. The third-order valence-corrected chi connectivity index (χ3v) is 18.1. The van der Waals surface area contributed by atoms with Gasteiger partial charge in [-0.1, -0.05) is 58.8 Å². The lowest BCUT2D eigenvalue weighted by atomic mass is 9.85. The second kappa shape index (κ2) is 12.9. The maximum atomic E-state index is 14.2. The summed E-state index contributed by atoms with van der Waals surface area (Å²) in [7, 11) is -3.69. The van der Waals surface area contributed by atoms with Crippen molar-refractivity contribution in [2.45, 2.75) is 95.6 Å². The Balaban J connectivity index is 3.01. The topological polar surface area (TPSA) is 123 Å². The molecule has 1 aromatic carbocycles. The molecule has 1 unspecified atom stereocenters. The van der Waals surface area contributed by atoms with E-state index in [4.69, 9.17) is 13.6 Å². The Morgan fingerprint density at radius 1 is 1.08 bits per heavy atom. The number of nitrogens with zero attached hydrogens (tertiary/aromatic N) is 3. The molecule has 1 aromatic rings. The van der Waals surface area contributed by atoms with Crippen molar-refractivity contribution in [3.8, 4) is 0 Å². The molecule has 0 aromatic heterocycles. The van der Waals surface area contributed by atoms with Crippen LogP contribution in [-0.2, 0) is 28.8 Å². The smallest absolute Gasteiger partial charge is 0.317 e. The Labute approximate surface area is 230 Å². The second-order valence-corrected chi connectivity index (χ2v) is 19.7. The molecule has 3 atom stereocenters. The fourth-order valence-corrected chi connectivity index (χ4v) is 11.5. The van der Waals surface area contributed by atoms with Gasteiger partial charge in [-0.05, 0) is 70.5 Å². The average molecular weight is 647 g/mol. The molecule has 1 aliphatic rings. The van der Waals surface area contributed by atoms with Crippen molar-refractivity contribution in [2.75, 3.05) is 12.4 Å². The number of rotatable bonds is 14. The third kappa shape index (κ3) is 5.53. The van der Waals surface area contributed by atoms with E-state index in [1.54, 1.807) is 0 Å². The van der Waals surface area contributed by atoms with Gasteiger partial charge in [0.15, 0.2) is 28.3 Å². The number of halogens is 1. The van der Waals surface area contributed by atoms with E-state index < -0.39 is 46.3 Å². The Bertz CT molecular complexity index is 982.